The molecule has 1 N–H and O–H groups in total. The van der Waals surface area contributed by atoms with Crippen LogP contribution in [0.3, 0.4) is 0 Å². The molecule has 2 aromatic carbocycles. The third-order valence-electron chi connectivity index (χ3n) is 6.75. The number of rotatable bonds is 6. The summed E-state index contributed by atoms with van der Waals surface area (Å²) >= 11 is 0. The second kappa shape index (κ2) is 8.79. The van der Waals surface area contributed by atoms with Gasteiger partial charge in [-0.2, -0.15) is 0 Å². The Labute approximate surface area is 183 Å². The summed E-state index contributed by atoms with van der Waals surface area (Å²) in [7, 11) is 6.61. The van der Waals surface area contributed by atoms with E-state index in [0.29, 0.717) is 11.7 Å². The van der Waals surface area contributed by atoms with E-state index < -0.39 is 0 Å². The summed E-state index contributed by atoms with van der Waals surface area (Å²) in [5, 5.41) is 3.80. The molecule has 2 aliphatic rings. The van der Waals surface area contributed by atoms with Gasteiger partial charge in [0.15, 0.2) is 0 Å². The number of ether oxygens (including phenoxy) is 4. The molecule has 1 heterocycles. The van der Waals surface area contributed by atoms with Gasteiger partial charge >= 0.3 is 0 Å². The molecule has 166 valence electrons. The van der Waals surface area contributed by atoms with E-state index in [1.807, 2.05) is 36.4 Å². The van der Waals surface area contributed by atoms with Gasteiger partial charge in [0.05, 0.1) is 28.4 Å². The van der Waals surface area contributed by atoms with Gasteiger partial charge in [0, 0.05) is 35.0 Å². The summed E-state index contributed by atoms with van der Waals surface area (Å²) in [4.78, 5) is 13.6. The second-order valence-electron chi connectivity index (χ2n) is 8.53. The summed E-state index contributed by atoms with van der Waals surface area (Å²) in [6.07, 6.45) is 1.71. The number of methoxy groups -OCH3 is 4. The number of benzene rings is 2. The van der Waals surface area contributed by atoms with Crippen LogP contribution in [0.15, 0.2) is 36.4 Å². The van der Waals surface area contributed by atoms with Crippen LogP contribution in [0.2, 0.25) is 0 Å². The van der Waals surface area contributed by atoms with E-state index in [0.717, 1.165) is 47.0 Å². The third-order valence-corrected chi connectivity index (χ3v) is 6.75. The van der Waals surface area contributed by atoms with E-state index in [9.17, 15) is 4.79 Å². The number of carbonyl (C=O) groups is 1. The molecule has 0 aromatic heterocycles. The summed E-state index contributed by atoms with van der Waals surface area (Å²) in [5.41, 5.74) is 1.89. The Kier molecular flexibility index (Phi) is 6.10. The highest BCUT2D eigenvalue weighted by Crippen LogP contribution is 2.50. The smallest absolute Gasteiger partial charge is 0.142 e. The first-order chi connectivity index (χ1) is 15.0. The zero-order valence-corrected chi connectivity index (χ0v) is 18.8. The number of hydrogen-bond acceptors (Lipinski definition) is 6. The Morgan fingerprint density at radius 2 is 1.19 bits per heavy atom. The van der Waals surface area contributed by atoms with Crippen molar-refractivity contribution < 1.29 is 23.7 Å². The minimum atomic E-state index is -0.183. The summed E-state index contributed by atoms with van der Waals surface area (Å²) in [6, 6.07) is 11.1. The lowest BCUT2D eigenvalue weighted by molar-refractivity contribution is -0.137. The van der Waals surface area contributed by atoms with Crippen molar-refractivity contribution in [1.29, 1.82) is 0 Å². The molecule has 0 amide bonds. The molecule has 2 fully saturated rings. The Hall–Kier alpha value is -2.73. The van der Waals surface area contributed by atoms with Crippen molar-refractivity contribution in [3.63, 3.8) is 0 Å². The van der Waals surface area contributed by atoms with Gasteiger partial charge in [0.1, 0.15) is 28.8 Å². The Morgan fingerprint density at radius 3 is 1.58 bits per heavy atom. The van der Waals surface area contributed by atoms with E-state index in [2.05, 4.69) is 12.2 Å². The summed E-state index contributed by atoms with van der Waals surface area (Å²) < 4.78 is 22.3. The molecule has 1 saturated heterocycles. The zero-order valence-electron chi connectivity index (χ0n) is 18.8. The van der Waals surface area contributed by atoms with Gasteiger partial charge in [0.2, 0.25) is 0 Å². The van der Waals surface area contributed by atoms with Gasteiger partial charge in [-0.25, -0.2) is 0 Å². The average molecular weight is 426 g/mol. The van der Waals surface area contributed by atoms with Crippen molar-refractivity contribution in [2.24, 2.45) is 17.8 Å². The molecule has 31 heavy (non-hydrogen) atoms. The van der Waals surface area contributed by atoms with Crippen molar-refractivity contribution >= 4 is 5.78 Å². The molecule has 2 aromatic rings. The predicted molar refractivity (Wildman–Crippen MR) is 118 cm³/mol. The maximum atomic E-state index is 13.6. The first-order valence-corrected chi connectivity index (χ1v) is 10.7. The van der Waals surface area contributed by atoms with Crippen molar-refractivity contribution in [3.05, 3.63) is 47.5 Å². The van der Waals surface area contributed by atoms with Crippen LogP contribution in [-0.2, 0) is 4.79 Å². The molecule has 6 nitrogen and oxygen atoms in total. The van der Waals surface area contributed by atoms with E-state index in [1.165, 1.54) is 0 Å². The number of nitrogens with one attached hydrogen (secondary N) is 1. The van der Waals surface area contributed by atoms with E-state index in [1.54, 1.807) is 28.4 Å². The van der Waals surface area contributed by atoms with Crippen molar-refractivity contribution in [2.75, 3.05) is 28.4 Å². The molecule has 6 heteroatoms. The number of ketones is 1. The number of hydrogen-bond donors (Lipinski definition) is 1. The van der Waals surface area contributed by atoms with Crippen LogP contribution in [0.5, 0.6) is 23.0 Å². The van der Waals surface area contributed by atoms with Gasteiger partial charge in [0.25, 0.3) is 0 Å². The van der Waals surface area contributed by atoms with Gasteiger partial charge in [-0.05, 0) is 55.2 Å². The van der Waals surface area contributed by atoms with Crippen LogP contribution in [0.25, 0.3) is 0 Å². The monoisotopic (exact) mass is 425 g/mol. The number of carbonyl (C=O) groups excluding carboxylic acids is 1. The third kappa shape index (κ3) is 3.85. The standard InChI is InChI=1S/C25H31NO5/c1-14-10-19-23(17-12-15(28-2)6-8-21(17)30-4)26-24(20(11-14)25(19)27)18-13-16(29-3)7-9-22(18)31-5/h6-9,12-14,19-20,23-24,26H,10-11H2,1-5H3. The molecular formula is C25H31NO5. The normalized spacial score (nSPS) is 27.5. The van der Waals surface area contributed by atoms with Gasteiger partial charge < -0.3 is 24.3 Å². The highest BCUT2D eigenvalue weighted by molar-refractivity contribution is 5.87. The molecule has 1 aliphatic carbocycles. The Balaban J connectivity index is 1.83. The largest absolute Gasteiger partial charge is 0.497 e. The molecular weight excluding hydrogens is 394 g/mol. The average Bonchev–Trinajstić information content (AvgIpc) is 2.79. The van der Waals surface area contributed by atoms with E-state index in [4.69, 9.17) is 18.9 Å². The van der Waals surface area contributed by atoms with Crippen LogP contribution in [-0.4, -0.2) is 34.2 Å². The van der Waals surface area contributed by atoms with Crippen LogP contribution < -0.4 is 24.3 Å². The van der Waals surface area contributed by atoms with Crippen LogP contribution in [0.1, 0.15) is 43.0 Å². The first-order valence-electron chi connectivity index (χ1n) is 10.7. The lowest BCUT2D eigenvalue weighted by atomic mass is 9.64. The fraction of sp³-hybridized carbons (Fsp3) is 0.480. The lowest BCUT2D eigenvalue weighted by Crippen LogP contribution is -2.52. The van der Waals surface area contributed by atoms with Crippen LogP contribution >= 0.6 is 0 Å². The SMILES string of the molecule is COc1ccc(OC)c(C2NC(c3cc(OC)ccc3OC)C3CC(C)CC2C3=O)c1. The van der Waals surface area contributed by atoms with E-state index >= 15 is 0 Å². The summed E-state index contributed by atoms with van der Waals surface area (Å²) in [5.74, 6) is 3.52. The molecule has 4 atom stereocenters. The molecule has 2 bridgehead atoms. The molecule has 1 aliphatic heterocycles. The fourth-order valence-corrected chi connectivity index (χ4v) is 5.27. The summed E-state index contributed by atoms with van der Waals surface area (Å²) in [6.45, 7) is 2.23. The molecule has 0 spiro atoms. The number of Topliss-reactive ketones (excluding diaryl/α,β-unsaturated/α-hetero) is 1. The maximum absolute atomic E-state index is 13.6. The molecule has 1 saturated carbocycles. The minimum absolute atomic E-state index is 0.109. The molecule has 0 radical (unpaired) electrons. The van der Waals surface area contributed by atoms with Gasteiger partial charge in [-0.3, -0.25) is 4.79 Å². The number of fused-ring (bicyclic) bond motifs is 2. The maximum Gasteiger partial charge on any atom is 0.142 e. The molecule has 4 rings (SSSR count). The van der Waals surface area contributed by atoms with Crippen LogP contribution in [0, 0.1) is 17.8 Å². The predicted octanol–water partition coefficient (Wildman–Crippen LogP) is 4.34. The highest BCUT2D eigenvalue weighted by atomic mass is 16.5. The van der Waals surface area contributed by atoms with Gasteiger partial charge in [-0.15, -0.1) is 0 Å². The Morgan fingerprint density at radius 1 is 0.742 bits per heavy atom. The minimum Gasteiger partial charge on any atom is -0.497 e. The lowest BCUT2D eigenvalue weighted by Gasteiger charge is -2.47. The highest BCUT2D eigenvalue weighted by Gasteiger charge is 2.49. The molecule has 4 unspecified atom stereocenters. The van der Waals surface area contributed by atoms with Crippen molar-refractivity contribution in [1.82, 2.24) is 5.32 Å². The topological polar surface area (TPSA) is 66.0 Å². The number of piperidine rings is 1. The fourth-order valence-electron chi connectivity index (χ4n) is 5.27. The van der Waals surface area contributed by atoms with Crippen LogP contribution in [0.4, 0.5) is 0 Å². The van der Waals surface area contributed by atoms with Gasteiger partial charge in [-0.1, -0.05) is 6.92 Å². The Bertz CT molecular complexity index is 885. The van der Waals surface area contributed by atoms with Crippen molar-refractivity contribution in [2.45, 2.75) is 31.8 Å². The second-order valence-corrected chi connectivity index (χ2v) is 8.53. The van der Waals surface area contributed by atoms with Crippen molar-refractivity contribution in [3.8, 4) is 23.0 Å². The quantitative estimate of drug-likeness (QED) is 0.743. The zero-order chi connectivity index (χ0) is 22.1. The first kappa shape index (κ1) is 21.5. The van der Waals surface area contributed by atoms with E-state index in [-0.39, 0.29) is 23.9 Å².